The van der Waals surface area contributed by atoms with Gasteiger partial charge < -0.3 is 15.4 Å². The van der Waals surface area contributed by atoms with Crippen molar-refractivity contribution >= 4 is 23.1 Å². The highest BCUT2D eigenvalue weighted by atomic mass is 35.5. The molecule has 0 aliphatic carbocycles. The van der Waals surface area contributed by atoms with Crippen LogP contribution in [0, 0.1) is 0 Å². The molecule has 1 aromatic heterocycles. The molecule has 0 radical (unpaired) electrons. The highest BCUT2D eigenvalue weighted by Gasteiger charge is 2.22. The van der Waals surface area contributed by atoms with E-state index < -0.39 is 0 Å². The Bertz CT molecular complexity index is 649. The molecule has 2 N–H and O–H groups in total. The van der Waals surface area contributed by atoms with Crippen molar-refractivity contribution in [3.05, 3.63) is 41.6 Å². The van der Waals surface area contributed by atoms with Gasteiger partial charge in [0.1, 0.15) is 5.82 Å². The monoisotopic (exact) mass is 317 g/mol. The summed E-state index contributed by atoms with van der Waals surface area (Å²) in [6.07, 6.45) is 2.25. The first-order valence-electron chi connectivity index (χ1n) is 7.45. The van der Waals surface area contributed by atoms with Crippen molar-refractivity contribution in [3.63, 3.8) is 0 Å². The fraction of sp³-hybridized carbons (Fsp3) is 0.353. The molecule has 116 valence electrons. The minimum absolute atomic E-state index is 0.253. The molecule has 0 unspecified atom stereocenters. The summed E-state index contributed by atoms with van der Waals surface area (Å²) in [6.45, 7) is 6.05. The number of aromatic nitrogens is 1. The van der Waals surface area contributed by atoms with Gasteiger partial charge in [0, 0.05) is 30.5 Å². The number of halogens is 1. The summed E-state index contributed by atoms with van der Waals surface area (Å²) in [6, 6.07) is 10.3. The molecule has 4 nitrogen and oxygen atoms in total. The number of nitrogen functional groups attached to an aromatic ring is 1. The smallest absolute Gasteiger partial charge is 0.142 e. The third-order valence-electron chi connectivity index (χ3n) is 3.86. The number of pyridine rings is 1. The quantitative estimate of drug-likeness (QED) is 0.919. The number of hydrogen-bond acceptors (Lipinski definition) is 4. The maximum Gasteiger partial charge on any atom is 0.142 e. The number of benzene rings is 1. The van der Waals surface area contributed by atoms with Gasteiger partial charge in [-0.15, -0.1) is 0 Å². The molecule has 22 heavy (non-hydrogen) atoms. The number of nitrogens with zero attached hydrogens (tertiary/aromatic N) is 2. The molecule has 2 heterocycles. The number of hydrogen-bond donors (Lipinski definition) is 1. The number of anilines is 2. The molecule has 1 aliphatic heterocycles. The molecule has 1 aliphatic rings. The standard InChI is InChI=1S/C17H20ClN3O/c1-11-9-21(10-12(2)22-11)15-5-3-13(4-6-15)14-7-16(18)17(19)20-8-14/h3-8,11-12H,9-10H2,1-2H3,(H2,19,20)/t11-,12+. The van der Waals surface area contributed by atoms with Gasteiger partial charge in [-0.25, -0.2) is 4.98 Å². The second kappa shape index (κ2) is 6.15. The summed E-state index contributed by atoms with van der Waals surface area (Å²) in [7, 11) is 0. The van der Waals surface area contributed by atoms with Crippen molar-refractivity contribution in [3.8, 4) is 11.1 Å². The lowest BCUT2D eigenvalue weighted by Gasteiger charge is -2.36. The van der Waals surface area contributed by atoms with Crippen molar-refractivity contribution in [2.75, 3.05) is 23.7 Å². The number of morpholine rings is 1. The summed E-state index contributed by atoms with van der Waals surface area (Å²) < 4.78 is 5.78. The predicted molar refractivity (Wildman–Crippen MR) is 91.3 cm³/mol. The van der Waals surface area contributed by atoms with Crippen LogP contribution in [-0.2, 0) is 4.74 Å². The molecule has 0 saturated carbocycles. The summed E-state index contributed by atoms with van der Waals surface area (Å²) in [5.74, 6) is 0.360. The van der Waals surface area contributed by atoms with Gasteiger partial charge in [0.2, 0.25) is 0 Å². The average Bonchev–Trinajstić information content (AvgIpc) is 2.49. The number of rotatable bonds is 2. The van der Waals surface area contributed by atoms with E-state index in [1.807, 2.05) is 6.07 Å². The zero-order valence-corrected chi connectivity index (χ0v) is 13.5. The Morgan fingerprint density at radius 3 is 2.36 bits per heavy atom. The second-order valence-corrected chi connectivity index (χ2v) is 6.21. The number of nitrogens with two attached hydrogens (primary N) is 1. The molecule has 1 fully saturated rings. The zero-order chi connectivity index (χ0) is 15.7. The summed E-state index contributed by atoms with van der Waals surface area (Å²) in [5.41, 5.74) is 8.90. The Hall–Kier alpha value is -1.78. The number of ether oxygens (including phenoxy) is 1. The van der Waals surface area contributed by atoms with E-state index in [4.69, 9.17) is 22.1 Å². The summed E-state index contributed by atoms with van der Waals surface area (Å²) >= 11 is 6.04. The minimum atomic E-state index is 0.253. The van der Waals surface area contributed by atoms with Crippen LogP contribution >= 0.6 is 11.6 Å². The van der Waals surface area contributed by atoms with E-state index in [1.165, 1.54) is 5.69 Å². The maximum atomic E-state index is 6.04. The predicted octanol–water partition coefficient (Wildman–Crippen LogP) is 3.60. The van der Waals surface area contributed by atoms with Crippen molar-refractivity contribution < 1.29 is 4.74 Å². The molecular weight excluding hydrogens is 298 g/mol. The van der Waals surface area contributed by atoms with Gasteiger partial charge in [-0.05, 0) is 37.6 Å². The molecule has 0 bridgehead atoms. The summed E-state index contributed by atoms with van der Waals surface area (Å²) in [5, 5.41) is 0.484. The van der Waals surface area contributed by atoms with E-state index in [9.17, 15) is 0 Å². The first-order chi connectivity index (χ1) is 10.5. The molecule has 5 heteroatoms. The fourth-order valence-electron chi connectivity index (χ4n) is 2.86. The third-order valence-corrected chi connectivity index (χ3v) is 4.16. The van der Waals surface area contributed by atoms with E-state index in [0.717, 1.165) is 24.2 Å². The molecule has 0 spiro atoms. The van der Waals surface area contributed by atoms with E-state index in [0.29, 0.717) is 10.8 Å². The largest absolute Gasteiger partial charge is 0.382 e. The van der Waals surface area contributed by atoms with Crippen molar-refractivity contribution in [2.24, 2.45) is 0 Å². The second-order valence-electron chi connectivity index (χ2n) is 5.80. The van der Waals surface area contributed by atoms with Gasteiger partial charge in [-0.2, -0.15) is 0 Å². The Kier molecular flexibility index (Phi) is 4.23. The van der Waals surface area contributed by atoms with Crippen LogP contribution in [0.3, 0.4) is 0 Å². The lowest BCUT2D eigenvalue weighted by atomic mass is 10.1. The fourth-order valence-corrected chi connectivity index (χ4v) is 3.03. The van der Waals surface area contributed by atoms with Crippen molar-refractivity contribution in [1.29, 1.82) is 0 Å². The highest BCUT2D eigenvalue weighted by molar-refractivity contribution is 6.33. The molecular formula is C17H20ClN3O. The van der Waals surface area contributed by atoms with Crippen LogP contribution in [0.4, 0.5) is 11.5 Å². The Morgan fingerprint density at radius 2 is 1.77 bits per heavy atom. The van der Waals surface area contributed by atoms with Gasteiger partial charge >= 0.3 is 0 Å². The van der Waals surface area contributed by atoms with Crippen LogP contribution < -0.4 is 10.6 Å². The van der Waals surface area contributed by atoms with Crippen LogP contribution in [0.1, 0.15) is 13.8 Å². The van der Waals surface area contributed by atoms with Crippen LogP contribution in [0.15, 0.2) is 36.5 Å². The highest BCUT2D eigenvalue weighted by Crippen LogP contribution is 2.28. The first kappa shape index (κ1) is 15.1. The van der Waals surface area contributed by atoms with Gasteiger partial charge in [0.05, 0.1) is 17.2 Å². The molecule has 2 aromatic rings. The first-order valence-corrected chi connectivity index (χ1v) is 7.82. The van der Waals surface area contributed by atoms with Crippen LogP contribution in [0.25, 0.3) is 11.1 Å². The van der Waals surface area contributed by atoms with E-state index in [1.54, 1.807) is 6.20 Å². The van der Waals surface area contributed by atoms with Crippen molar-refractivity contribution in [1.82, 2.24) is 4.98 Å². The topological polar surface area (TPSA) is 51.4 Å². The maximum absolute atomic E-state index is 6.04. The molecule has 1 aromatic carbocycles. The van der Waals surface area contributed by atoms with E-state index in [-0.39, 0.29) is 12.2 Å². The molecule has 1 saturated heterocycles. The van der Waals surface area contributed by atoms with Crippen molar-refractivity contribution in [2.45, 2.75) is 26.1 Å². The lowest BCUT2D eigenvalue weighted by molar-refractivity contribution is -0.00521. The SMILES string of the molecule is C[C@@H]1CN(c2ccc(-c3cnc(N)c(Cl)c3)cc2)C[C@H](C)O1. The van der Waals surface area contributed by atoms with Gasteiger partial charge in [0.25, 0.3) is 0 Å². The average molecular weight is 318 g/mol. The Labute approximate surface area is 135 Å². The van der Waals surface area contributed by atoms with Crippen LogP contribution in [-0.4, -0.2) is 30.3 Å². The summed E-state index contributed by atoms with van der Waals surface area (Å²) in [4.78, 5) is 6.46. The lowest BCUT2D eigenvalue weighted by Crippen LogP contribution is -2.45. The minimum Gasteiger partial charge on any atom is -0.382 e. The third kappa shape index (κ3) is 3.18. The molecule has 3 rings (SSSR count). The van der Waals surface area contributed by atoms with Crippen LogP contribution in [0.5, 0.6) is 0 Å². The molecule has 0 amide bonds. The Balaban J connectivity index is 1.81. The van der Waals surface area contributed by atoms with Gasteiger partial charge in [0.15, 0.2) is 0 Å². The van der Waals surface area contributed by atoms with E-state index in [2.05, 4.69) is 48.0 Å². The normalized spacial score (nSPS) is 21.9. The van der Waals surface area contributed by atoms with E-state index >= 15 is 0 Å². The zero-order valence-electron chi connectivity index (χ0n) is 12.8. The van der Waals surface area contributed by atoms with Gasteiger partial charge in [-0.1, -0.05) is 23.7 Å². The van der Waals surface area contributed by atoms with Crippen LogP contribution in [0.2, 0.25) is 5.02 Å². The molecule has 2 atom stereocenters. The van der Waals surface area contributed by atoms with Gasteiger partial charge in [-0.3, -0.25) is 0 Å². The Morgan fingerprint density at radius 1 is 1.14 bits per heavy atom.